The number of nitrogens with zero attached hydrogens (tertiary/aromatic N) is 3. The maximum atomic E-state index is 7.45. The van der Waals surface area contributed by atoms with Gasteiger partial charge in [0, 0.05) is 24.8 Å². The smallest absolute Gasteiger partial charge is 0.129 e. The number of aromatic nitrogens is 1. The van der Waals surface area contributed by atoms with Gasteiger partial charge in [-0.1, -0.05) is 0 Å². The molecule has 0 unspecified atom stereocenters. The van der Waals surface area contributed by atoms with Gasteiger partial charge in [-0.15, -0.1) is 0 Å². The first-order chi connectivity index (χ1) is 8.54. The third-order valence-corrected chi connectivity index (χ3v) is 2.80. The SMILES string of the molecule is CCN(CCCN(C)C)c1cc(C(=N)N)ccn1. The van der Waals surface area contributed by atoms with Crippen molar-refractivity contribution in [2.24, 2.45) is 5.73 Å². The summed E-state index contributed by atoms with van der Waals surface area (Å²) in [7, 11) is 4.15. The van der Waals surface area contributed by atoms with E-state index in [1.54, 1.807) is 12.3 Å². The van der Waals surface area contributed by atoms with Gasteiger partial charge in [0.2, 0.25) is 0 Å². The maximum Gasteiger partial charge on any atom is 0.129 e. The van der Waals surface area contributed by atoms with Gasteiger partial charge in [-0.05, 0) is 46.1 Å². The molecule has 1 aromatic rings. The molecule has 0 aromatic carbocycles. The minimum Gasteiger partial charge on any atom is -0.384 e. The molecule has 1 heterocycles. The van der Waals surface area contributed by atoms with Crippen LogP contribution in [-0.2, 0) is 0 Å². The fourth-order valence-corrected chi connectivity index (χ4v) is 1.77. The van der Waals surface area contributed by atoms with Crippen molar-refractivity contribution < 1.29 is 0 Å². The molecule has 100 valence electrons. The van der Waals surface area contributed by atoms with Gasteiger partial charge in [-0.25, -0.2) is 4.98 Å². The van der Waals surface area contributed by atoms with E-state index in [0.29, 0.717) is 0 Å². The molecule has 3 N–H and O–H groups in total. The minimum absolute atomic E-state index is 0.0861. The number of rotatable bonds is 7. The highest BCUT2D eigenvalue weighted by Gasteiger charge is 2.07. The maximum absolute atomic E-state index is 7.45. The lowest BCUT2D eigenvalue weighted by atomic mass is 10.2. The van der Waals surface area contributed by atoms with E-state index >= 15 is 0 Å². The van der Waals surface area contributed by atoms with Crippen molar-refractivity contribution in [1.29, 1.82) is 5.41 Å². The van der Waals surface area contributed by atoms with Crippen molar-refractivity contribution in [3.8, 4) is 0 Å². The standard InChI is InChI=1S/C13H23N5/c1-4-18(9-5-8-17(2)3)12-10-11(13(14)15)6-7-16-12/h6-7,10H,4-5,8-9H2,1-3H3,(H3,14,15). The van der Waals surface area contributed by atoms with Crippen LogP contribution in [0.15, 0.2) is 18.3 Å². The zero-order chi connectivity index (χ0) is 13.5. The van der Waals surface area contributed by atoms with Gasteiger partial charge in [-0.3, -0.25) is 5.41 Å². The third kappa shape index (κ3) is 4.33. The fraction of sp³-hybridized carbons (Fsp3) is 0.538. The first-order valence-corrected chi connectivity index (χ1v) is 6.24. The van der Waals surface area contributed by atoms with Crippen molar-refractivity contribution >= 4 is 11.7 Å². The van der Waals surface area contributed by atoms with Crippen LogP contribution < -0.4 is 10.6 Å². The monoisotopic (exact) mass is 249 g/mol. The first-order valence-electron chi connectivity index (χ1n) is 6.24. The Morgan fingerprint density at radius 2 is 2.11 bits per heavy atom. The van der Waals surface area contributed by atoms with Crippen LogP contribution in [0.1, 0.15) is 18.9 Å². The summed E-state index contributed by atoms with van der Waals surface area (Å²) in [6.45, 7) is 5.03. The van der Waals surface area contributed by atoms with E-state index in [1.807, 2.05) is 6.07 Å². The number of amidine groups is 1. The number of nitrogen functional groups attached to an aromatic ring is 1. The van der Waals surface area contributed by atoms with Crippen molar-refractivity contribution in [1.82, 2.24) is 9.88 Å². The van der Waals surface area contributed by atoms with E-state index in [4.69, 9.17) is 11.1 Å². The molecule has 1 rings (SSSR count). The Kier molecular flexibility index (Phi) is 5.58. The van der Waals surface area contributed by atoms with Gasteiger partial charge >= 0.3 is 0 Å². The van der Waals surface area contributed by atoms with Gasteiger partial charge in [0.1, 0.15) is 11.7 Å². The van der Waals surface area contributed by atoms with Gasteiger partial charge in [0.15, 0.2) is 0 Å². The zero-order valence-electron chi connectivity index (χ0n) is 11.5. The number of hydrogen-bond donors (Lipinski definition) is 2. The van der Waals surface area contributed by atoms with Crippen molar-refractivity contribution in [2.45, 2.75) is 13.3 Å². The van der Waals surface area contributed by atoms with Crippen LogP contribution in [0.25, 0.3) is 0 Å². The molecule has 0 radical (unpaired) electrons. The summed E-state index contributed by atoms with van der Waals surface area (Å²) in [5.74, 6) is 0.979. The van der Waals surface area contributed by atoms with Crippen LogP contribution in [0.4, 0.5) is 5.82 Å². The van der Waals surface area contributed by atoms with E-state index < -0.39 is 0 Å². The van der Waals surface area contributed by atoms with Gasteiger partial charge < -0.3 is 15.5 Å². The molecule has 1 aromatic heterocycles. The van der Waals surface area contributed by atoms with Crippen LogP contribution in [0.2, 0.25) is 0 Å². The summed E-state index contributed by atoms with van der Waals surface area (Å²) in [6, 6.07) is 3.64. The molecule has 0 aliphatic rings. The highest BCUT2D eigenvalue weighted by Crippen LogP contribution is 2.12. The number of nitrogens with two attached hydrogens (primary N) is 1. The van der Waals surface area contributed by atoms with Crippen LogP contribution in [0, 0.1) is 5.41 Å². The molecule has 0 bridgehead atoms. The molecule has 0 aliphatic carbocycles. The largest absolute Gasteiger partial charge is 0.384 e. The first kappa shape index (κ1) is 14.4. The molecule has 0 saturated heterocycles. The van der Waals surface area contributed by atoms with Gasteiger partial charge in [0.05, 0.1) is 0 Å². The molecule has 0 spiro atoms. The number of pyridine rings is 1. The van der Waals surface area contributed by atoms with Crippen LogP contribution >= 0.6 is 0 Å². The molecular weight excluding hydrogens is 226 g/mol. The highest BCUT2D eigenvalue weighted by atomic mass is 15.2. The molecular formula is C13H23N5. The summed E-state index contributed by atoms with van der Waals surface area (Å²) in [5, 5.41) is 7.45. The van der Waals surface area contributed by atoms with E-state index in [-0.39, 0.29) is 5.84 Å². The topological polar surface area (TPSA) is 69.2 Å². The molecule has 0 amide bonds. The fourth-order valence-electron chi connectivity index (χ4n) is 1.77. The lowest BCUT2D eigenvalue weighted by molar-refractivity contribution is 0.400. The Bertz CT molecular complexity index is 389. The van der Waals surface area contributed by atoms with E-state index in [1.165, 1.54) is 0 Å². The summed E-state index contributed by atoms with van der Waals surface area (Å²) >= 11 is 0. The quantitative estimate of drug-likeness (QED) is 0.562. The second kappa shape index (κ2) is 6.96. The Morgan fingerprint density at radius 3 is 2.67 bits per heavy atom. The predicted octanol–water partition coefficient (Wildman–Crippen LogP) is 1.14. The molecule has 18 heavy (non-hydrogen) atoms. The average Bonchev–Trinajstić information content (AvgIpc) is 2.34. The van der Waals surface area contributed by atoms with Crippen molar-refractivity contribution in [2.75, 3.05) is 38.6 Å². The lowest BCUT2D eigenvalue weighted by Gasteiger charge is -2.23. The molecule has 0 aliphatic heterocycles. The molecule has 0 atom stereocenters. The Labute approximate surface area is 109 Å². The van der Waals surface area contributed by atoms with Gasteiger partial charge in [-0.2, -0.15) is 0 Å². The summed E-state index contributed by atoms with van der Waals surface area (Å²) < 4.78 is 0. The van der Waals surface area contributed by atoms with E-state index in [0.717, 1.165) is 37.4 Å². The molecule has 0 saturated carbocycles. The molecule has 5 nitrogen and oxygen atoms in total. The number of hydrogen-bond acceptors (Lipinski definition) is 4. The number of nitrogens with one attached hydrogen (secondary N) is 1. The Hall–Kier alpha value is -1.62. The normalized spacial score (nSPS) is 10.7. The highest BCUT2D eigenvalue weighted by molar-refractivity contribution is 5.95. The predicted molar refractivity (Wildman–Crippen MR) is 76.3 cm³/mol. The Balaban J connectivity index is 2.69. The Morgan fingerprint density at radius 1 is 1.39 bits per heavy atom. The summed E-state index contributed by atoms with van der Waals surface area (Å²) in [5.41, 5.74) is 6.22. The lowest BCUT2D eigenvalue weighted by Crippen LogP contribution is -2.28. The second-order valence-corrected chi connectivity index (χ2v) is 4.55. The average molecular weight is 249 g/mol. The van der Waals surface area contributed by atoms with Crippen LogP contribution in [0.5, 0.6) is 0 Å². The third-order valence-electron chi connectivity index (χ3n) is 2.80. The number of anilines is 1. The molecule has 0 fully saturated rings. The molecule has 5 heteroatoms. The summed E-state index contributed by atoms with van der Waals surface area (Å²) in [4.78, 5) is 8.73. The van der Waals surface area contributed by atoms with Crippen molar-refractivity contribution in [3.63, 3.8) is 0 Å². The van der Waals surface area contributed by atoms with Gasteiger partial charge in [0.25, 0.3) is 0 Å². The van der Waals surface area contributed by atoms with E-state index in [2.05, 4.69) is 35.8 Å². The van der Waals surface area contributed by atoms with Crippen LogP contribution in [-0.4, -0.2) is 49.4 Å². The van der Waals surface area contributed by atoms with Crippen LogP contribution in [0.3, 0.4) is 0 Å². The summed E-state index contributed by atoms with van der Waals surface area (Å²) in [6.07, 6.45) is 2.80. The van der Waals surface area contributed by atoms with Crippen molar-refractivity contribution in [3.05, 3.63) is 23.9 Å². The zero-order valence-corrected chi connectivity index (χ0v) is 11.5. The van der Waals surface area contributed by atoms with E-state index in [9.17, 15) is 0 Å². The second-order valence-electron chi connectivity index (χ2n) is 4.55. The minimum atomic E-state index is 0.0861.